The number of nitrogens with zero attached hydrogens (tertiary/aromatic N) is 2. The minimum atomic E-state index is -3.32. The van der Waals surface area contributed by atoms with Gasteiger partial charge in [-0.15, -0.1) is 0 Å². The minimum Gasteiger partial charge on any atom is -0.274 e. The first-order valence-corrected chi connectivity index (χ1v) is 9.56. The number of sulfonamides is 2. The van der Waals surface area contributed by atoms with Gasteiger partial charge >= 0.3 is 0 Å². The number of hydrogen-bond donors (Lipinski definition) is 0. The Morgan fingerprint density at radius 1 is 0.900 bits per heavy atom. The highest BCUT2D eigenvalue weighted by Gasteiger charge is 2.18. The van der Waals surface area contributed by atoms with Crippen LogP contribution in [-0.4, -0.2) is 42.9 Å². The summed E-state index contributed by atoms with van der Waals surface area (Å²) in [7, 11) is -3.72. The maximum Gasteiger partial charge on any atom is 0.234 e. The third-order valence-electron chi connectivity index (χ3n) is 2.95. The average molecular weight is 320 g/mol. The van der Waals surface area contributed by atoms with Gasteiger partial charge in [-0.25, -0.2) is 16.8 Å². The molecule has 1 rings (SSSR count). The van der Waals surface area contributed by atoms with E-state index in [4.69, 9.17) is 0 Å². The molecule has 0 heterocycles. The van der Waals surface area contributed by atoms with Gasteiger partial charge < -0.3 is 0 Å². The van der Waals surface area contributed by atoms with Crippen molar-refractivity contribution in [2.45, 2.75) is 13.3 Å². The van der Waals surface area contributed by atoms with Crippen LogP contribution in [0.5, 0.6) is 0 Å². The molecule has 114 valence electrons. The van der Waals surface area contributed by atoms with E-state index >= 15 is 0 Å². The van der Waals surface area contributed by atoms with E-state index in [0.29, 0.717) is 17.8 Å². The lowest BCUT2D eigenvalue weighted by Gasteiger charge is -2.21. The van der Waals surface area contributed by atoms with Crippen LogP contribution in [0.2, 0.25) is 0 Å². The molecule has 0 saturated carbocycles. The van der Waals surface area contributed by atoms with Crippen LogP contribution < -0.4 is 8.61 Å². The van der Waals surface area contributed by atoms with Gasteiger partial charge in [-0.2, -0.15) is 0 Å². The Bertz CT molecular complexity index is 651. The molecule has 0 bridgehead atoms. The Morgan fingerprint density at radius 2 is 1.30 bits per heavy atom. The largest absolute Gasteiger partial charge is 0.274 e. The van der Waals surface area contributed by atoms with Crippen molar-refractivity contribution in [1.29, 1.82) is 0 Å². The van der Waals surface area contributed by atoms with Crippen molar-refractivity contribution in [2.24, 2.45) is 0 Å². The Kier molecular flexibility index (Phi) is 5.04. The number of benzene rings is 1. The highest BCUT2D eigenvalue weighted by atomic mass is 32.2. The first-order chi connectivity index (χ1) is 9.09. The summed E-state index contributed by atoms with van der Waals surface area (Å²) in [6, 6.07) is 6.33. The molecule has 1 aromatic rings. The van der Waals surface area contributed by atoms with Gasteiger partial charge in [0.2, 0.25) is 20.0 Å². The van der Waals surface area contributed by atoms with Crippen molar-refractivity contribution >= 4 is 31.4 Å². The highest BCUT2D eigenvalue weighted by molar-refractivity contribution is 7.92. The Labute approximate surface area is 121 Å². The molecular weight excluding hydrogens is 300 g/mol. The van der Waals surface area contributed by atoms with E-state index in [1.807, 2.05) is 0 Å². The maximum atomic E-state index is 11.9. The van der Waals surface area contributed by atoms with Crippen LogP contribution in [0.1, 0.15) is 13.3 Å². The molecule has 0 amide bonds. The van der Waals surface area contributed by atoms with E-state index in [0.717, 1.165) is 10.6 Å². The number of rotatable bonds is 6. The zero-order valence-electron chi connectivity index (χ0n) is 12.1. The summed E-state index contributed by atoms with van der Waals surface area (Å²) in [5, 5.41) is 0. The fourth-order valence-electron chi connectivity index (χ4n) is 1.62. The van der Waals surface area contributed by atoms with Gasteiger partial charge in [0.25, 0.3) is 0 Å². The van der Waals surface area contributed by atoms with Crippen LogP contribution >= 0.6 is 0 Å². The molecule has 0 aromatic heterocycles. The summed E-state index contributed by atoms with van der Waals surface area (Å²) in [6.07, 6.45) is 1.65. The van der Waals surface area contributed by atoms with Crippen LogP contribution in [0.4, 0.5) is 11.4 Å². The summed E-state index contributed by atoms with van der Waals surface area (Å²) in [5.41, 5.74) is 0.988. The third kappa shape index (κ3) is 3.86. The van der Waals surface area contributed by atoms with E-state index in [9.17, 15) is 16.8 Å². The molecule has 0 spiro atoms. The Balaban J connectivity index is 3.03. The second kappa shape index (κ2) is 6.01. The molecule has 20 heavy (non-hydrogen) atoms. The second-order valence-corrected chi connectivity index (χ2v) is 8.66. The van der Waals surface area contributed by atoms with Crippen molar-refractivity contribution in [3.05, 3.63) is 24.3 Å². The Hall–Kier alpha value is -1.28. The molecule has 1 aromatic carbocycles. The molecule has 0 aliphatic carbocycles. The average Bonchev–Trinajstić information content (AvgIpc) is 2.36. The van der Waals surface area contributed by atoms with Crippen molar-refractivity contribution < 1.29 is 16.8 Å². The molecule has 0 aliphatic rings. The van der Waals surface area contributed by atoms with Gasteiger partial charge in [-0.1, -0.05) is 6.92 Å². The standard InChI is InChI=1S/C12H20N2O4S2/c1-5-10-20(17,18)14(3)12-8-6-11(7-9-12)13(2)19(4,15)16/h6-9H,5,10H2,1-4H3. The summed E-state index contributed by atoms with van der Waals surface area (Å²) in [6.45, 7) is 1.80. The molecule has 8 heteroatoms. The first kappa shape index (κ1) is 16.8. The molecule has 0 radical (unpaired) electrons. The van der Waals surface area contributed by atoms with Gasteiger partial charge in [0.05, 0.1) is 23.4 Å². The summed E-state index contributed by atoms with van der Waals surface area (Å²) >= 11 is 0. The first-order valence-electron chi connectivity index (χ1n) is 6.10. The van der Waals surface area contributed by atoms with Crippen LogP contribution in [0.25, 0.3) is 0 Å². The van der Waals surface area contributed by atoms with Crippen LogP contribution in [0.15, 0.2) is 24.3 Å². The molecule has 0 atom stereocenters. The molecule has 0 fully saturated rings. The third-order valence-corrected chi connectivity index (χ3v) is 6.13. The number of anilines is 2. The van der Waals surface area contributed by atoms with Crippen LogP contribution in [0, 0.1) is 0 Å². The topological polar surface area (TPSA) is 74.8 Å². The molecule has 0 aliphatic heterocycles. The number of hydrogen-bond acceptors (Lipinski definition) is 4. The van der Waals surface area contributed by atoms with Gasteiger partial charge in [-0.3, -0.25) is 8.61 Å². The summed E-state index contributed by atoms with van der Waals surface area (Å²) in [4.78, 5) is 0. The lowest BCUT2D eigenvalue weighted by Crippen LogP contribution is -2.29. The molecular formula is C12H20N2O4S2. The minimum absolute atomic E-state index is 0.0779. The second-order valence-electron chi connectivity index (χ2n) is 4.53. The quantitative estimate of drug-likeness (QED) is 0.791. The lowest BCUT2D eigenvalue weighted by atomic mass is 10.3. The van der Waals surface area contributed by atoms with E-state index in [-0.39, 0.29) is 5.75 Å². The van der Waals surface area contributed by atoms with Crippen LogP contribution in [0.3, 0.4) is 0 Å². The van der Waals surface area contributed by atoms with Gasteiger partial charge in [0.15, 0.2) is 0 Å². The van der Waals surface area contributed by atoms with E-state index in [1.165, 1.54) is 18.4 Å². The zero-order chi connectivity index (χ0) is 15.6. The maximum absolute atomic E-state index is 11.9. The predicted octanol–water partition coefficient (Wildman–Crippen LogP) is 1.26. The van der Waals surface area contributed by atoms with Crippen molar-refractivity contribution in [3.63, 3.8) is 0 Å². The molecule has 6 nitrogen and oxygen atoms in total. The van der Waals surface area contributed by atoms with Crippen molar-refractivity contribution in [1.82, 2.24) is 0 Å². The summed E-state index contributed by atoms with van der Waals surface area (Å²) in [5.74, 6) is 0.0779. The molecule has 0 N–H and O–H groups in total. The van der Waals surface area contributed by atoms with Crippen molar-refractivity contribution in [2.75, 3.05) is 34.7 Å². The fourth-order valence-corrected chi connectivity index (χ4v) is 3.36. The molecule has 0 saturated heterocycles. The fraction of sp³-hybridized carbons (Fsp3) is 0.500. The normalized spacial score (nSPS) is 12.2. The van der Waals surface area contributed by atoms with Gasteiger partial charge in [-0.05, 0) is 30.7 Å². The predicted molar refractivity (Wildman–Crippen MR) is 82.2 cm³/mol. The van der Waals surface area contributed by atoms with Crippen LogP contribution in [-0.2, 0) is 20.0 Å². The molecule has 0 unspecified atom stereocenters. The van der Waals surface area contributed by atoms with E-state index in [2.05, 4.69) is 0 Å². The Morgan fingerprint density at radius 3 is 1.65 bits per heavy atom. The van der Waals surface area contributed by atoms with Crippen molar-refractivity contribution in [3.8, 4) is 0 Å². The van der Waals surface area contributed by atoms with Gasteiger partial charge in [0.1, 0.15) is 0 Å². The monoisotopic (exact) mass is 320 g/mol. The smallest absolute Gasteiger partial charge is 0.234 e. The lowest BCUT2D eigenvalue weighted by molar-refractivity contribution is 0.592. The zero-order valence-corrected chi connectivity index (χ0v) is 13.7. The van der Waals surface area contributed by atoms with E-state index < -0.39 is 20.0 Å². The SMILES string of the molecule is CCCS(=O)(=O)N(C)c1ccc(N(C)S(C)(=O)=O)cc1. The summed E-state index contributed by atoms with van der Waals surface area (Å²) < 4.78 is 49.0. The van der Waals surface area contributed by atoms with E-state index in [1.54, 1.807) is 31.2 Å². The highest BCUT2D eigenvalue weighted by Crippen LogP contribution is 2.22. The van der Waals surface area contributed by atoms with Gasteiger partial charge in [0, 0.05) is 14.1 Å².